The third-order valence-electron chi connectivity index (χ3n) is 1.10. The number of rotatable bonds is 3. The molecule has 1 atom stereocenters. The van der Waals surface area contributed by atoms with Crippen LogP contribution in [0.2, 0.25) is 0 Å². The van der Waals surface area contributed by atoms with E-state index >= 15 is 0 Å². The first-order valence-corrected chi connectivity index (χ1v) is 3.90. The van der Waals surface area contributed by atoms with Crippen molar-refractivity contribution in [2.75, 3.05) is 0 Å². The third kappa shape index (κ3) is 6.10. The van der Waals surface area contributed by atoms with Crippen molar-refractivity contribution >= 4 is 11.9 Å². The quantitative estimate of drug-likeness (QED) is 0.561. The highest BCUT2D eigenvalue weighted by Crippen LogP contribution is 2.08. The Labute approximate surface area is 76.9 Å². The summed E-state index contributed by atoms with van der Waals surface area (Å²) in [5.41, 5.74) is 4.58. The zero-order chi connectivity index (χ0) is 10.6. The van der Waals surface area contributed by atoms with Gasteiger partial charge in [0, 0.05) is 12.4 Å². The van der Waals surface area contributed by atoms with Crippen LogP contribution in [0.25, 0.3) is 0 Å². The van der Waals surface area contributed by atoms with Crippen molar-refractivity contribution in [3.8, 4) is 0 Å². The number of carbonyl (C=O) groups excluding carboxylic acids is 2. The fraction of sp³-hybridized carbons (Fsp3) is 0.750. The average Bonchev–Trinajstić information content (AvgIpc) is 1.81. The Kier molecular flexibility index (Phi) is 3.87. The van der Waals surface area contributed by atoms with Gasteiger partial charge in [-0.3, -0.25) is 4.79 Å². The smallest absolute Gasteiger partial charge is 0.323 e. The molecule has 0 bridgehead atoms. The minimum atomic E-state index is -1.36. The van der Waals surface area contributed by atoms with Crippen LogP contribution in [0.5, 0.6) is 0 Å². The Morgan fingerprint density at radius 1 is 1.46 bits per heavy atom. The summed E-state index contributed by atoms with van der Waals surface area (Å²) in [5, 5.41) is 10.1. The predicted octanol–water partition coefficient (Wildman–Crippen LogP) is -1.20. The van der Waals surface area contributed by atoms with E-state index in [4.69, 9.17) is 10.5 Å². The summed E-state index contributed by atoms with van der Waals surface area (Å²) in [7, 11) is 0. The Bertz CT molecular complexity index is 207. The number of carboxylic acid groups (broad SMARTS) is 1. The molecule has 5 nitrogen and oxygen atoms in total. The molecule has 2 N–H and O–H groups in total. The average molecular weight is 188 g/mol. The molecule has 0 aliphatic rings. The van der Waals surface area contributed by atoms with Crippen LogP contribution in [0.15, 0.2) is 0 Å². The topological polar surface area (TPSA) is 92.5 Å². The molecule has 76 valence electrons. The van der Waals surface area contributed by atoms with Crippen LogP contribution < -0.4 is 10.8 Å². The summed E-state index contributed by atoms with van der Waals surface area (Å²) in [5.74, 6) is -2.09. The molecule has 0 unspecified atom stereocenters. The van der Waals surface area contributed by atoms with Gasteiger partial charge in [-0.1, -0.05) is 0 Å². The summed E-state index contributed by atoms with van der Waals surface area (Å²) in [6, 6.07) is -1.15. The largest absolute Gasteiger partial charge is 0.550 e. The highest BCUT2D eigenvalue weighted by molar-refractivity contribution is 5.81. The predicted molar refractivity (Wildman–Crippen MR) is 43.4 cm³/mol. The van der Waals surface area contributed by atoms with E-state index in [0.29, 0.717) is 0 Å². The highest BCUT2D eigenvalue weighted by atomic mass is 16.6. The minimum Gasteiger partial charge on any atom is -0.550 e. The molecule has 0 rings (SSSR count). The van der Waals surface area contributed by atoms with Crippen molar-refractivity contribution in [1.29, 1.82) is 0 Å². The van der Waals surface area contributed by atoms with Gasteiger partial charge in [0.25, 0.3) is 0 Å². The van der Waals surface area contributed by atoms with Crippen molar-refractivity contribution < 1.29 is 19.4 Å². The van der Waals surface area contributed by atoms with Crippen molar-refractivity contribution in [1.82, 2.24) is 0 Å². The van der Waals surface area contributed by atoms with Crippen LogP contribution in [0, 0.1) is 0 Å². The van der Waals surface area contributed by atoms with Crippen molar-refractivity contribution in [3.05, 3.63) is 0 Å². The van der Waals surface area contributed by atoms with Crippen LogP contribution in [0.3, 0.4) is 0 Å². The zero-order valence-electron chi connectivity index (χ0n) is 7.99. The van der Waals surface area contributed by atoms with Gasteiger partial charge >= 0.3 is 5.97 Å². The molecule has 0 amide bonds. The molecule has 0 aromatic heterocycles. The van der Waals surface area contributed by atoms with Crippen LogP contribution in [-0.4, -0.2) is 23.6 Å². The van der Waals surface area contributed by atoms with E-state index in [1.165, 1.54) is 0 Å². The van der Waals surface area contributed by atoms with Gasteiger partial charge in [-0.05, 0) is 20.8 Å². The highest BCUT2D eigenvalue weighted by Gasteiger charge is 2.21. The Morgan fingerprint density at radius 3 is 2.23 bits per heavy atom. The van der Waals surface area contributed by atoms with Crippen molar-refractivity contribution in [3.63, 3.8) is 0 Å². The molecule has 0 aliphatic heterocycles. The SMILES string of the molecule is CC(C)(C)OC(=O)[C@H](N)CC(=O)[O-]. The second-order valence-electron chi connectivity index (χ2n) is 3.72. The van der Waals surface area contributed by atoms with E-state index in [1.54, 1.807) is 20.8 Å². The van der Waals surface area contributed by atoms with E-state index in [2.05, 4.69) is 0 Å². The van der Waals surface area contributed by atoms with Crippen LogP contribution >= 0.6 is 0 Å². The number of hydrogen-bond donors (Lipinski definition) is 1. The number of ether oxygens (including phenoxy) is 1. The van der Waals surface area contributed by atoms with Gasteiger partial charge in [-0.2, -0.15) is 0 Å². The molecular weight excluding hydrogens is 174 g/mol. The number of carboxylic acids is 1. The first-order chi connectivity index (χ1) is 5.72. The molecule has 0 aromatic rings. The number of carbonyl (C=O) groups is 2. The monoisotopic (exact) mass is 188 g/mol. The number of hydrogen-bond acceptors (Lipinski definition) is 5. The van der Waals surface area contributed by atoms with Crippen LogP contribution in [-0.2, 0) is 14.3 Å². The van der Waals surface area contributed by atoms with Gasteiger partial charge in [0.15, 0.2) is 0 Å². The van der Waals surface area contributed by atoms with Gasteiger partial charge in [0.2, 0.25) is 0 Å². The fourth-order valence-corrected chi connectivity index (χ4v) is 0.640. The standard InChI is InChI=1S/C8H15NO4/c1-8(2,3)13-7(12)5(9)4-6(10)11/h5H,4,9H2,1-3H3,(H,10,11)/p-1/t5-/m1/s1. The van der Waals surface area contributed by atoms with Crippen LogP contribution in [0.1, 0.15) is 27.2 Å². The minimum absolute atomic E-state index is 0.519. The first kappa shape index (κ1) is 11.9. The van der Waals surface area contributed by atoms with Gasteiger partial charge < -0.3 is 20.4 Å². The molecule has 0 spiro atoms. The normalized spacial score (nSPS) is 13.5. The van der Waals surface area contributed by atoms with Gasteiger partial charge in [0.1, 0.15) is 11.6 Å². The number of aliphatic carboxylic acids is 1. The second kappa shape index (κ2) is 4.23. The molecule has 0 aromatic carbocycles. The van der Waals surface area contributed by atoms with E-state index in [1.807, 2.05) is 0 Å². The van der Waals surface area contributed by atoms with Gasteiger partial charge in [0.05, 0.1) is 0 Å². The number of nitrogens with two attached hydrogens (primary N) is 1. The summed E-state index contributed by atoms with van der Waals surface area (Å²) >= 11 is 0. The Morgan fingerprint density at radius 2 is 1.92 bits per heavy atom. The summed E-state index contributed by atoms with van der Waals surface area (Å²) < 4.78 is 4.85. The first-order valence-electron chi connectivity index (χ1n) is 3.90. The van der Waals surface area contributed by atoms with E-state index in [-0.39, 0.29) is 0 Å². The lowest BCUT2D eigenvalue weighted by molar-refractivity contribution is -0.306. The zero-order valence-corrected chi connectivity index (χ0v) is 7.99. The Hall–Kier alpha value is -1.10. The lowest BCUT2D eigenvalue weighted by atomic mass is 10.1. The molecule has 0 radical (unpaired) electrons. The van der Waals surface area contributed by atoms with Gasteiger partial charge in [-0.25, -0.2) is 0 Å². The molecule has 0 fully saturated rings. The Balaban J connectivity index is 4.05. The maximum Gasteiger partial charge on any atom is 0.323 e. The fourth-order valence-electron chi connectivity index (χ4n) is 0.640. The molecule has 13 heavy (non-hydrogen) atoms. The summed E-state index contributed by atoms with van der Waals surface area (Å²) in [6.07, 6.45) is -0.519. The van der Waals surface area contributed by atoms with E-state index < -0.39 is 30.0 Å². The number of esters is 1. The molecule has 0 saturated heterocycles. The van der Waals surface area contributed by atoms with Crippen LogP contribution in [0.4, 0.5) is 0 Å². The summed E-state index contributed by atoms with van der Waals surface area (Å²) in [4.78, 5) is 21.1. The van der Waals surface area contributed by atoms with E-state index in [9.17, 15) is 14.7 Å². The van der Waals surface area contributed by atoms with Gasteiger partial charge in [-0.15, -0.1) is 0 Å². The third-order valence-corrected chi connectivity index (χ3v) is 1.10. The summed E-state index contributed by atoms with van der Waals surface area (Å²) in [6.45, 7) is 5.03. The van der Waals surface area contributed by atoms with Crippen molar-refractivity contribution in [2.45, 2.75) is 38.8 Å². The maximum atomic E-state index is 11.1. The molecule has 5 heteroatoms. The molecule has 0 saturated carbocycles. The second-order valence-corrected chi connectivity index (χ2v) is 3.72. The molecule has 0 heterocycles. The lowest BCUT2D eigenvalue weighted by Gasteiger charge is -2.22. The van der Waals surface area contributed by atoms with Crippen molar-refractivity contribution in [2.24, 2.45) is 5.73 Å². The molecule has 0 aliphatic carbocycles. The molecular formula is C8H14NO4-. The van der Waals surface area contributed by atoms with E-state index in [0.717, 1.165) is 0 Å². The lowest BCUT2D eigenvalue weighted by Crippen LogP contribution is -2.41. The maximum absolute atomic E-state index is 11.1.